The van der Waals surface area contributed by atoms with E-state index in [0.717, 1.165) is 29.4 Å². The smallest absolute Gasteiger partial charge is 0.0667 e. The Kier molecular flexibility index (Phi) is 4.12. The maximum atomic E-state index is 4.77. The van der Waals surface area contributed by atoms with Crippen molar-refractivity contribution in [2.24, 2.45) is 39.5 Å². The fourth-order valence-corrected chi connectivity index (χ4v) is 8.34. The maximum absolute atomic E-state index is 4.77. The fraction of sp³-hybridized carbons (Fsp3) is 0.552. The number of benzene rings is 1. The first-order valence-corrected chi connectivity index (χ1v) is 12.2. The van der Waals surface area contributed by atoms with Gasteiger partial charge in [0.05, 0.1) is 5.69 Å². The molecule has 0 amide bonds. The van der Waals surface area contributed by atoms with Crippen molar-refractivity contribution < 1.29 is 0 Å². The molecular formula is C29H35N. The summed E-state index contributed by atoms with van der Waals surface area (Å²) in [6.07, 6.45) is 19.1. The van der Waals surface area contributed by atoms with Gasteiger partial charge in [-0.25, -0.2) is 0 Å². The molecule has 1 aromatic rings. The number of nitrogens with zero attached hydrogens (tertiary/aromatic N) is 1. The number of fused-ring (bicyclic) bond motifs is 6. The highest BCUT2D eigenvalue weighted by Gasteiger charge is 2.58. The van der Waals surface area contributed by atoms with E-state index in [4.69, 9.17) is 4.99 Å². The van der Waals surface area contributed by atoms with Crippen LogP contribution in [0.2, 0.25) is 0 Å². The van der Waals surface area contributed by atoms with E-state index < -0.39 is 0 Å². The molecule has 2 saturated carbocycles. The lowest BCUT2D eigenvalue weighted by molar-refractivity contribution is -0.0106. The predicted molar refractivity (Wildman–Crippen MR) is 126 cm³/mol. The second-order valence-electron chi connectivity index (χ2n) is 11.1. The second-order valence-corrected chi connectivity index (χ2v) is 11.1. The summed E-state index contributed by atoms with van der Waals surface area (Å²) in [6, 6.07) is 8.72. The second kappa shape index (κ2) is 6.55. The van der Waals surface area contributed by atoms with Gasteiger partial charge in [-0.1, -0.05) is 61.4 Å². The Balaban J connectivity index is 1.36. The standard InChI is InChI=1S/C29H35N/c1-4-29-16-14-24-22(10-9-20-17-19(2)13-15-28(20,24)3)25(29)11-12-26(29)23-18-30-27-8-6-5-7-21(23)27/h4-9,12,18-19,22-25H,1,10-11,13-17H2,2-3H3/t19-,22?,23?,24?,25?,28-,29-/m0/s1. The predicted octanol–water partition coefficient (Wildman–Crippen LogP) is 7.79. The fourth-order valence-electron chi connectivity index (χ4n) is 8.34. The van der Waals surface area contributed by atoms with Crippen molar-refractivity contribution in [2.75, 3.05) is 0 Å². The van der Waals surface area contributed by atoms with E-state index in [-0.39, 0.29) is 5.41 Å². The largest absolute Gasteiger partial charge is 0.260 e. The average molecular weight is 398 g/mol. The highest BCUT2D eigenvalue weighted by Crippen LogP contribution is 2.67. The van der Waals surface area contributed by atoms with Crippen molar-refractivity contribution in [3.8, 4) is 0 Å². The lowest BCUT2D eigenvalue weighted by Crippen LogP contribution is -2.50. The Bertz CT molecular complexity index is 980. The van der Waals surface area contributed by atoms with Gasteiger partial charge in [0.25, 0.3) is 0 Å². The molecule has 156 valence electrons. The molecule has 7 atom stereocenters. The van der Waals surface area contributed by atoms with Crippen LogP contribution in [0.3, 0.4) is 0 Å². The van der Waals surface area contributed by atoms with E-state index in [0.29, 0.717) is 11.3 Å². The minimum absolute atomic E-state index is 0.166. The van der Waals surface area contributed by atoms with Crippen molar-refractivity contribution in [3.05, 3.63) is 65.8 Å². The number of aliphatic imine (C=N–C) groups is 1. The van der Waals surface area contributed by atoms with Gasteiger partial charge in [0.2, 0.25) is 0 Å². The van der Waals surface area contributed by atoms with E-state index in [1.165, 1.54) is 50.5 Å². The van der Waals surface area contributed by atoms with Crippen LogP contribution in [-0.2, 0) is 0 Å². The highest BCUT2D eigenvalue weighted by atomic mass is 14.8. The summed E-state index contributed by atoms with van der Waals surface area (Å²) < 4.78 is 0. The van der Waals surface area contributed by atoms with Crippen LogP contribution in [0, 0.1) is 34.5 Å². The van der Waals surface area contributed by atoms with Gasteiger partial charge in [0, 0.05) is 17.5 Å². The van der Waals surface area contributed by atoms with Crippen molar-refractivity contribution >= 4 is 11.9 Å². The zero-order valence-corrected chi connectivity index (χ0v) is 18.6. The Morgan fingerprint density at radius 3 is 2.80 bits per heavy atom. The Morgan fingerprint density at radius 2 is 1.93 bits per heavy atom. The van der Waals surface area contributed by atoms with Gasteiger partial charge >= 0.3 is 0 Å². The third-order valence-electron chi connectivity index (χ3n) is 9.94. The van der Waals surface area contributed by atoms with E-state index in [1.54, 1.807) is 11.1 Å². The molecule has 0 saturated heterocycles. The molecule has 0 aromatic heterocycles. The average Bonchev–Trinajstić information content (AvgIpc) is 3.35. The monoisotopic (exact) mass is 397 g/mol. The first-order chi connectivity index (χ1) is 14.6. The van der Waals surface area contributed by atoms with Crippen LogP contribution in [-0.4, -0.2) is 6.21 Å². The van der Waals surface area contributed by atoms with Crippen molar-refractivity contribution in [2.45, 2.75) is 64.7 Å². The summed E-state index contributed by atoms with van der Waals surface area (Å²) in [5.41, 5.74) is 6.58. The summed E-state index contributed by atoms with van der Waals surface area (Å²) in [6.45, 7) is 9.51. The molecular weight excluding hydrogens is 362 g/mol. The molecule has 1 aliphatic heterocycles. The van der Waals surface area contributed by atoms with Crippen LogP contribution in [0.15, 0.2) is 65.2 Å². The lowest BCUT2D eigenvalue weighted by atomic mass is 9.46. The van der Waals surface area contributed by atoms with Gasteiger partial charge in [-0.2, -0.15) is 0 Å². The summed E-state index contributed by atoms with van der Waals surface area (Å²) in [4.78, 5) is 4.77. The van der Waals surface area contributed by atoms with Crippen LogP contribution in [0.1, 0.15) is 70.3 Å². The third kappa shape index (κ3) is 2.38. The van der Waals surface area contributed by atoms with Crippen molar-refractivity contribution in [3.63, 3.8) is 0 Å². The van der Waals surface area contributed by atoms with Crippen LogP contribution >= 0.6 is 0 Å². The van der Waals surface area contributed by atoms with Gasteiger partial charge in [0.15, 0.2) is 0 Å². The number of allylic oxidation sites excluding steroid dienone is 5. The SMILES string of the molecule is C=C[C@]12CCC3C(CC=C4C[C@@H](C)CC[C@@]43C)C1CC=C2C1C=Nc2ccccc21. The van der Waals surface area contributed by atoms with E-state index >= 15 is 0 Å². The van der Waals surface area contributed by atoms with Crippen molar-refractivity contribution in [1.82, 2.24) is 0 Å². The Hall–Kier alpha value is -1.89. The van der Waals surface area contributed by atoms with Crippen LogP contribution in [0.4, 0.5) is 5.69 Å². The quantitative estimate of drug-likeness (QED) is 0.452. The zero-order valence-electron chi connectivity index (χ0n) is 18.6. The number of rotatable bonds is 2. The van der Waals surface area contributed by atoms with Crippen LogP contribution in [0.25, 0.3) is 0 Å². The van der Waals surface area contributed by atoms with Gasteiger partial charge in [0.1, 0.15) is 0 Å². The lowest BCUT2D eigenvalue weighted by Gasteiger charge is -2.58. The van der Waals surface area contributed by atoms with Gasteiger partial charge < -0.3 is 0 Å². The topological polar surface area (TPSA) is 12.4 Å². The van der Waals surface area contributed by atoms with E-state index in [2.05, 4.69) is 69.1 Å². The summed E-state index contributed by atoms with van der Waals surface area (Å²) in [7, 11) is 0. The normalized spacial score (nSPS) is 43.7. The molecule has 1 heteroatoms. The molecule has 0 N–H and O–H groups in total. The summed E-state index contributed by atoms with van der Waals surface area (Å²) >= 11 is 0. The number of hydrogen-bond acceptors (Lipinski definition) is 1. The number of para-hydroxylation sites is 1. The summed E-state index contributed by atoms with van der Waals surface area (Å²) in [5, 5.41) is 0. The van der Waals surface area contributed by atoms with Crippen LogP contribution < -0.4 is 0 Å². The first kappa shape index (κ1) is 18.8. The van der Waals surface area contributed by atoms with E-state index in [1.807, 2.05) is 0 Å². The van der Waals surface area contributed by atoms with Crippen molar-refractivity contribution in [1.29, 1.82) is 0 Å². The molecule has 0 bridgehead atoms. The number of hydrogen-bond donors (Lipinski definition) is 0. The molecule has 30 heavy (non-hydrogen) atoms. The van der Waals surface area contributed by atoms with Gasteiger partial charge in [-0.3, -0.25) is 4.99 Å². The molecule has 5 aliphatic rings. The Labute approximate surface area is 182 Å². The molecule has 4 aliphatic carbocycles. The molecule has 1 heterocycles. The molecule has 0 spiro atoms. The highest BCUT2D eigenvalue weighted by molar-refractivity contribution is 5.84. The molecule has 4 unspecified atom stereocenters. The van der Waals surface area contributed by atoms with Crippen LogP contribution in [0.5, 0.6) is 0 Å². The summed E-state index contributed by atoms with van der Waals surface area (Å²) in [5.74, 6) is 3.61. The Morgan fingerprint density at radius 1 is 1.07 bits per heavy atom. The molecule has 2 fully saturated rings. The minimum Gasteiger partial charge on any atom is -0.260 e. The minimum atomic E-state index is 0.166. The van der Waals surface area contributed by atoms with Gasteiger partial charge in [-0.15, -0.1) is 6.58 Å². The molecule has 6 rings (SSSR count). The maximum Gasteiger partial charge on any atom is 0.0667 e. The molecule has 1 nitrogen and oxygen atoms in total. The third-order valence-corrected chi connectivity index (χ3v) is 9.94. The molecule has 1 aromatic carbocycles. The van der Waals surface area contributed by atoms with Gasteiger partial charge in [-0.05, 0) is 85.7 Å². The molecule has 0 radical (unpaired) electrons. The first-order valence-electron chi connectivity index (χ1n) is 12.2. The zero-order chi connectivity index (χ0) is 20.5. The van der Waals surface area contributed by atoms with E-state index in [9.17, 15) is 0 Å².